The van der Waals surface area contributed by atoms with Gasteiger partial charge in [0.25, 0.3) is 0 Å². The number of nitrogens with zero attached hydrogens (tertiary/aromatic N) is 1. The molecule has 0 unspecified atom stereocenters. The third kappa shape index (κ3) is 5.14. The summed E-state index contributed by atoms with van der Waals surface area (Å²) in [5.41, 5.74) is 17.6. The smallest absolute Gasteiger partial charge is 0.0714 e. The van der Waals surface area contributed by atoms with Crippen LogP contribution in [-0.2, 0) is 10.8 Å². The van der Waals surface area contributed by atoms with E-state index in [4.69, 9.17) is 0 Å². The van der Waals surface area contributed by atoms with Crippen molar-refractivity contribution in [1.82, 2.24) is 0 Å². The number of hydrogen-bond acceptors (Lipinski definition) is 1. The van der Waals surface area contributed by atoms with Crippen LogP contribution in [0.1, 0.15) is 44.5 Å². The van der Waals surface area contributed by atoms with E-state index in [1.54, 1.807) is 0 Å². The van der Waals surface area contributed by atoms with Crippen molar-refractivity contribution in [3.63, 3.8) is 0 Å². The van der Waals surface area contributed by atoms with Crippen LogP contribution in [0.2, 0.25) is 0 Å². The van der Waals surface area contributed by atoms with Crippen LogP contribution in [0.4, 0.5) is 17.1 Å². The van der Waals surface area contributed by atoms with E-state index in [0.717, 1.165) is 17.1 Å². The Labute approximate surface area is 357 Å². The predicted octanol–water partition coefficient (Wildman–Crippen LogP) is 15.0. The minimum atomic E-state index is -0.551. The minimum absolute atomic E-state index is 0.510. The van der Waals surface area contributed by atoms with Gasteiger partial charge in [-0.3, -0.25) is 0 Å². The molecule has 286 valence electrons. The highest BCUT2D eigenvalue weighted by molar-refractivity contribution is 5.97. The van der Waals surface area contributed by atoms with E-state index in [9.17, 15) is 0 Å². The van der Waals surface area contributed by atoms with Crippen molar-refractivity contribution < 1.29 is 0 Å². The van der Waals surface area contributed by atoms with Gasteiger partial charge < -0.3 is 4.90 Å². The van der Waals surface area contributed by atoms with Crippen LogP contribution in [0, 0.1) is 0 Å². The number of para-hydroxylation sites is 1. The molecule has 2 aliphatic carbocycles. The fourth-order valence-corrected chi connectivity index (χ4v) is 10.9. The van der Waals surface area contributed by atoms with Crippen LogP contribution >= 0.6 is 0 Å². The number of benzene rings is 10. The normalized spacial score (nSPS) is 13.8. The van der Waals surface area contributed by atoms with Crippen LogP contribution in [0.25, 0.3) is 33.0 Å². The summed E-state index contributed by atoms with van der Waals surface area (Å²) in [5.74, 6) is 0. The summed E-state index contributed by atoms with van der Waals surface area (Å²) >= 11 is 0. The molecule has 1 nitrogen and oxygen atoms in total. The van der Waals surface area contributed by atoms with Crippen LogP contribution in [-0.4, -0.2) is 0 Å². The molecule has 10 aromatic rings. The molecule has 61 heavy (non-hydrogen) atoms. The highest BCUT2D eigenvalue weighted by atomic mass is 15.1. The van der Waals surface area contributed by atoms with E-state index in [1.807, 2.05) is 0 Å². The van der Waals surface area contributed by atoms with Crippen molar-refractivity contribution in [2.45, 2.75) is 10.8 Å². The maximum absolute atomic E-state index is 2.48. The lowest BCUT2D eigenvalue weighted by molar-refractivity contribution is 0.768. The molecule has 0 aliphatic heterocycles. The zero-order valence-corrected chi connectivity index (χ0v) is 33.6. The second-order valence-corrected chi connectivity index (χ2v) is 16.4. The van der Waals surface area contributed by atoms with Gasteiger partial charge in [-0.25, -0.2) is 0 Å². The van der Waals surface area contributed by atoms with Gasteiger partial charge in [-0.05, 0) is 126 Å². The van der Waals surface area contributed by atoms with Gasteiger partial charge in [0, 0.05) is 17.1 Å². The first-order chi connectivity index (χ1) is 30.3. The van der Waals surface area contributed by atoms with E-state index < -0.39 is 10.8 Å². The lowest BCUT2D eigenvalue weighted by Crippen LogP contribution is -2.29. The maximum atomic E-state index is 2.48. The number of rotatable bonds is 7. The molecule has 0 fully saturated rings. The topological polar surface area (TPSA) is 3.24 Å². The van der Waals surface area contributed by atoms with Gasteiger partial charge in [-0.15, -0.1) is 0 Å². The van der Waals surface area contributed by atoms with Crippen molar-refractivity contribution in [2.75, 3.05) is 4.90 Å². The zero-order chi connectivity index (χ0) is 40.4. The molecule has 0 spiro atoms. The van der Waals surface area contributed by atoms with Gasteiger partial charge in [0.05, 0.1) is 10.8 Å². The maximum Gasteiger partial charge on any atom is 0.0714 e. The van der Waals surface area contributed by atoms with E-state index in [1.165, 1.54) is 77.5 Å². The lowest BCUT2D eigenvalue weighted by Gasteiger charge is -2.36. The van der Waals surface area contributed by atoms with Gasteiger partial charge in [0.1, 0.15) is 0 Å². The third-order valence-corrected chi connectivity index (χ3v) is 13.4. The summed E-state index contributed by atoms with van der Waals surface area (Å²) in [6, 6.07) is 92.3. The summed E-state index contributed by atoms with van der Waals surface area (Å²) < 4.78 is 0. The fraction of sp³-hybridized carbons (Fsp3) is 0.0333. The number of hydrogen-bond donors (Lipinski definition) is 0. The van der Waals surface area contributed by atoms with Gasteiger partial charge in [-0.1, -0.05) is 200 Å². The van der Waals surface area contributed by atoms with Crippen molar-refractivity contribution >= 4 is 27.8 Å². The first-order valence-electron chi connectivity index (χ1n) is 21.3. The third-order valence-electron chi connectivity index (χ3n) is 13.4. The van der Waals surface area contributed by atoms with Crippen LogP contribution in [0.15, 0.2) is 249 Å². The van der Waals surface area contributed by atoms with Crippen LogP contribution in [0.3, 0.4) is 0 Å². The number of fused-ring (bicyclic) bond motifs is 7. The van der Waals surface area contributed by atoms with E-state index in [2.05, 4.69) is 254 Å². The van der Waals surface area contributed by atoms with Gasteiger partial charge in [0.2, 0.25) is 0 Å². The Morgan fingerprint density at radius 1 is 0.230 bits per heavy atom. The standard InChI is InChI=1S/C60H41N/c1-6-22-44(23-7-1)59(45-24-8-2-9-25-45)55-33-19-18-32-51(55)52-36-34-49(40-57(52)59)61(48-30-14-5-15-31-48)50-35-37-53-54-38-42-20-16-17-21-43(42)39-56(54)60(58(53)41-50,46-26-10-3-11-27-46)47-28-12-4-13-29-47/h1-41H. The van der Waals surface area contributed by atoms with Crippen molar-refractivity contribution in [1.29, 1.82) is 0 Å². The molecule has 1 heteroatoms. The second kappa shape index (κ2) is 13.9. The molecule has 0 amide bonds. The Bertz CT molecular complexity index is 3150. The molecule has 0 bridgehead atoms. The summed E-state index contributed by atoms with van der Waals surface area (Å²) in [7, 11) is 0. The average Bonchev–Trinajstić information content (AvgIpc) is 3.79. The first-order valence-corrected chi connectivity index (χ1v) is 21.3. The van der Waals surface area contributed by atoms with E-state index >= 15 is 0 Å². The Morgan fingerprint density at radius 2 is 0.590 bits per heavy atom. The van der Waals surface area contributed by atoms with Crippen LogP contribution < -0.4 is 4.90 Å². The quantitative estimate of drug-likeness (QED) is 0.156. The molecule has 12 rings (SSSR count). The largest absolute Gasteiger partial charge is 0.310 e. The Morgan fingerprint density at radius 3 is 1.10 bits per heavy atom. The molecule has 0 atom stereocenters. The minimum Gasteiger partial charge on any atom is -0.310 e. The van der Waals surface area contributed by atoms with Gasteiger partial charge in [0.15, 0.2) is 0 Å². The summed E-state index contributed by atoms with van der Waals surface area (Å²) in [4.78, 5) is 2.46. The highest BCUT2D eigenvalue weighted by Gasteiger charge is 2.48. The Kier molecular flexibility index (Phi) is 8.05. The molecule has 0 saturated carbocycles. The predicted molar refractivity (Wildman–Crippen MR) is 253 cm³/mol. The Balaban J connectivity index is 1.14. The van der Waals surface area contributed by atoms with Crippen molar-refractivity contribution in [3.05, 3.63) is 293 Å². The van der Waals surface area contributed by atoms with E-state index in [0.29, 0.717) is 0 Å². The molecule has 0 saturated heterocycles. The van der Waals surface area contributed by atoms with Crippen molar-refractivity contribution in [3.8, 4) is 22.3 Å². The Hall–Kier alpha value is -7.74. The molecule has 0 radical (unpaired) electrons. The summed E-state index contributed by atoms with van der Waals surface area (Å²) in [6.07, 6.45) is 0. The second-order valence-electron chi connectivity index (χ2n) is 16.4. The molecular formula is C60H41N. The molecule has 10 aromatic carbocycles. The van der Waals surface area contributed by atoms with Gasteiger partial charge in [-0.2, -0.15) is 0 Å². The monoisotopic (exact) mass is 775 g/mol. The van der Waals surface area contributed by atoms with E-state index in [-0.39, 0.29) is 0 Å². The lowest BCUT2D eigenvalue weighted by atomic mass is 9.67. The summed E-state index contributed by atoms with van der Waals surface area (Å²) in [6.45, 7) is 0. The van der Waals surface area contributed by atoms with Crippen LogP contribution in [0.5, 0.6) is 0 Å². The zero-order valence-electron chi connectivity index (χ0n) is 33.6. The SMILES string of the molecule is c1ccc(N(c2ccc3c(c2)C(c2ccccc2)(c2ccccc2)c2ccccc2-3)c2ccc3c(c2)C(c2ccccc2)(c2ccccc2)c2cc4ccccc4cc2-3)cc1. The highest BCUT2D eigenvalue weighted by Crippen LogP contribution is 2.60. The molecule has 0 N–H and O–H groups in total. The first kappa shape index (κ1) is 35.2. The van der Waals surface area contributed by atoms with Crippen molar-refractivity contribution in [2.24, 2.45) is 0 Å². The van der Waals surface area contributed by atoms with Gasteiger partial charge >= 0.3 is 0 Å². The molecular weight excluding hydrogens is 735 g/mol. The molecule has 2 aliphatic rings. The number of anilines is 3. The average molecular weight is 776 g/mol. The fourth-order valence-electron chi connectivity index (χ4n) is 10.9. The molecule has 0 heterocycles. The molecule has 0 aromatic heterocycles. The summed E-state index contributed by atoms with van der Waals surface area (Å²) in [5, 5.41) is 2.49.